The monoisotopic (exact) mass is 906 g/mol. The maximum absolute atomic E-state index is 11.6. The summed E-state index contributed by atoms with van der Waals surface area (Å²) < 4.78 is 37.3. The van der Waals surface area contributed by atoms with Crippen LogP contribution in [0.25, 0.3) is 0 Å². The van der Waals surface area contributed by atoms with Crippen LogP contribution in [0.4, 0.5) is 0 Å². The molecule has 0 unspecified atom stereocenters. The molecule has 3 aromatic rings. The molecule has 0 bridgehead atoms. The molecule has 18 heteroatoms. The Morgan fingerprint density at radius 2 is 1.05 bits per heavy atom. The number of hydrogen-bond acceptors (Lipinski definition) is 14. The van der Waals surface area contributed by atoms with Crippen molar-refractivity contribution in [2.45, 2.75) is 58.5 Å². The van der Waals surface area contributed by atoms with Crippen LogP contribution in [0.2, 0.25) is 0 Å². The molecule has 0 radical (unpaired) electrons. The van der Waals surface area contributed by atoms with Crippen molar-refractivity contribution in [3.8, 4) is 17.2 Å². The minimum Gasteiger partial charge on any atom is -0.492 e. The Hall–Kier alpha value is -3.72. The quantitative estimate of drug-likeness (QED) is 0.173. The second kappa shape index (κ2) is 24.8. The summed E-state index contributed by atoms with van der Waals surface area (Å²) in [6.45, 7) is 16.0. The maximum atomic E-state index is 11.6. The maximum Gasteiger partial charge on any atom is 0.337 e. The molecule has 3 atom stereocenters. The number of nitrogens with zero attached hydrogens (tertiary/aromatic N) is 2. The highest BCUT2D eigenvalue weighted by molar-refractivity contribution is 7.59. The van der Waals surface area contributed by atoms with Gasteiger partial charge in [-0.3, -0.25) is 19.8 Å². The van der Waals surface area contributed by atoms with Crippen LogP contribution in [0, 0.1) is 11.8 Å². The molecule has 3 N–H and O–H groups in total. The summed E-state index contributed by atoms with van der Waals surface area (Å²) in [6, 6.07) is 17.2. The van der Waals surface area contributed by atoms with Gasteiger partial charge in [-0.25, -0.2) is 15.1 Å². The van der Waals surface area contributed by atoms with Crippen molar-refractivity contribution in [3.63, 3.8) is 0 Å². The van der Waals surface area contributed by atoms with Crippen LogP contribution >= 0.6 is 40.5 Å². The van der Waals surface area contributed by atoms with Crippen molar-refractivity contribution < 1.29 is 52.7 Å². The molecule has 5 heterocycles. The van der Waals surface area contributed by atoms with E-state index in [1.807, 2.05) is 18.2 Å². The molecule has 1 amide bonds. The molecule has 2 saturated heterocycles. The first kappa shape index (κ1) is 51.6. The number of hydroxylamine groups is 1. The summed E-state index contributed by atoms with van der Waals surface area (Å²) in [7, 11) is 2.76. The van der Waals surface area contributed by atoms with Gasteiger partial charge in [0.1, 0.15) is 37.1 Å². The molecular formula is C43H62N4O11S3. The first-order valence-corrected chi connectivity index (χ1v) is 19.8. The van der Waals surface area contributed by atoms with E-state index in [9.17, 15) is 14.4 Å². The van der Waals surface area contributed by atoms with Gasteiger partial charge < -0.3 is 38.5 Å². The number of carbonyl (C=O) groups excluding carboxylic acids is 3. The SMILES string of the molecule is COC(=O)c1ccc2c(c1)OC[C@H](C)N(CC1COC1)C2.COC(=O)c1ccc2c(c1)OC[C@H](C)NC2.C[C@H]1COc2cc(C(=O)NO)ccc2CN1CC1COC1.S.S.S. The van der Waals surface area contributed by atoms with Crippen LogP contribution in [0.15, 0.2) is 54.6 Å². The Morgan fingerprint density at radius 3 is 1.48 bits per heavy atom. The van der Waals surface area contributed by atoms with Gasteiger partial charge in [0.15, 0.2) is 0 Å². The highest BCUT2D eigenvalue weighted by Gasteiger charge is 2.29. The number of benzene rings is 3. The van der Waals surface area contributed by atoms with Crippen LogP contribution in [-0.2, 0) is 38.6 Å². The van der Waals surface area contributed by atoms with Gasteiger partial charge >= 0.3 is 11.9 Å². The second-order valence-electron chi connectivity index (χ2n) is 15.5. The standard InChI is InChI=1S/C16H21NO4.C15H20N2O4.C12H15NO3.3H2S/c1-11-8-21-15-5-13(16(18)19-2)3-4-14(15)7-17(11)6-12-9-20-10-12;1-10-7-21-14-4-12(15(18)16-19)2-3-13(14)6-17(10)5-11-8-20-9-11;1-8-7-16-11-5-9(12(14)15-2)3-4-10(11)6-13-8;;;/h3-5,11-12H,6-10H2,1-2H3;2-4,10-11,19H,5-9H2,1H3,(H,16,18);3-5,8,13H,6-7H2,1-2H3;3*1H2/t11-;10-;8-;;;/m000.../s1. The number of hydrogen-bond donors (Lipinski definition) is 3. The number of ether oxygens (including phenoxy) is 7. The van der Waals surface area contributed by atoms with Crippen molar-refractivity contribution in [1.29, 1.82) is 0 Å². The minimum atomic E-state index is -0.526. The lowest BCUT2D eigenvalue weighted by molar-refractivity contribution is -0.0529. The summed E-state index contributed by atoms with van der Waals surface area (Å²) in [5.41, 5.74) is 6.34. The molecule has 8 rings (SSSR count). The van der Waals surface area contributed by atoms with E-state index in [1.165, 1.54) is 14.2 Å². The molecule has 5 aliphatic rings. The number of carbonyl (C=O) groups is 3. The van der Waals surface area contributed by atoms with Gasteiger partial charge in [-0.2, -0.15) is 40.5 Å². The van der Waals surface area contributed by atoms with E-state index in [0.717, 1.165) is 93.1 Å². The van der Waals surface area contributed by atoms with Crippen LogP contribution in [0.1, 0.15) is 68.5 Å². The number of esters is 2. The molecule has 15 nitrogen and oxygen atoms in total. The summed E-state index contributed by atoms with van der Waals surface area (Å²) in [5, 5.41) is 12.0. The second-order valence-corrected chi connectivity index (χ2v) is 15.5. The zero-order valence-electron chi connectivity index (χ0n) is 35.5. The Balaban J connectivity index is 0.000000241. The molecular weight excluding hydrogens is 845 g/mol. The molecule has 2 fully saturated rings. The van der Waals surface area contributed by atoms with Crippen LogP contribution in [0.5, 0.6) is 17.2 Å². The van der Waals surface area contributed by atoms with Crippen LogP contribution in [-0.4, -0.2) is 125 Å². The lowest BCUT2D eigenvalue weighted by atomic mass is 10.1. The van der Waals surface area contributed by atoms with E-state index >= 15 is 0 Å². The molecule has 0 aliphatic carbocycles. The highest BCUT2D eigenvalue weighted by atomic mass is 32.1. The molecule has 0 saturated carbocycles. The van der Waals surface area contributed by atoms with Gasteiger partial charge in [0.05, 0.1) is 51.8 Å². The van der Waals surface area contributed by atoms with Crippen molar-refractivity contribution in [2.24, 2.45) is 11.8 Å². The Labute approximate surface area is 379 Å². The fourth-order valence-corrected chi connectivity index (χ4v) is 7.04. The minimum absolute atomic E-state index is 0. The normalized spacial score (nSPS) is 20.7. The first-order chi connectivity index (χ1) is 28.0. The van der Waals surface area contributed by atoms with Gasteiger partial charge in [0, 0.05) is 84.9 Å². The van der Waals surface area contributed by atoms with Gasteiger partial charge in [-0.15, -0.1) is 0 Å². The fourth-order valence-electron chi connectivity index (χ4n) is 7.04. The van der Waals surface area contributed by atoms with Gasteiger partial charge in [-0.1, -0.05) is 18.2 Å². The van der Waals surface area contributed by atoms with E-state index in [0.29, 0.717) is 66.5 Å². The van der Waals surface area contributed by atoms with Gasteiger partial charge in [0.25, 0.3) is 5.91 Å². The predicted molar refractivity (Wildman–Crippen MR) is 244 cm³/mol. The van der Waals surface area contributed by atoms with Crippen molar-refractivity contribution >= 4 is 58.3 Å². The molecule has 3 aromatic carbocycles. The number of methoxy groups -OCH3 is 2. The van der Waals surface area contributed by atoms with Crippen LogP contribution < -0.4 is 25.0 Å². The topological polar surface area (TPSA) is 167 Å². The molecule has 5 aliphatic heterocycles. The largest absolute Gasteiger partial charge is 0.492 e. The van der Waals surface area contributed by atoms with E-state index in [4.69, 9.17) is 33.6 Å². The van der Waals surface area contributed by atoms with Crippen molar-refractivity contribution in [1.82, 2.24) is 20.6 Å². The number of amides is 1. The molecule has 61 heavy (non-hydrogen) atoms. The molecule has 0 aromatic heterocycles. The van der Waals surface area contributed by atoms with E-state index in [2.05, 4.69) is 40.6 Å². The third-order valence-corrected chi connectivity index (χ3v) is 10.9. The average molecular weight is 907 g/mol. The van der Waals surface area contributed by atoms with Crippen molar-refractivity contribution in [3.05, 3.63) is 88.0 Å². The molecule has 0 spiro atoms. The number of nitrogens with one attached hydrogen (secondary N) is 2. The average Bonchev–Trinajstić information content (AvgIpc) is 3.58. The van der Waals surface area contributed by atoms with E-state index < -0.39 is 5.91 Å². The van der Waals surface area contributed by atoms with Gasteiger partial charge in [-0.05, 0) is 57.2 Å². The third-order valence-electron chi connectivity index (χ3n) is 10.9. The van der Waals surface area contributed by atoms with Crippen molar-refractivity contribution in [2.75, 3.05) is 73.6 Å². The number of fused-ring (bicyclic) bond motifs is 3. The summed E-state index contributed by atoms with van der Waals surface area (Å²) in [4.78, 5) is 39.2. The Kier molecular flexibility index (Phi) is 21.0. The zero-order valence-corrected chi connectivity index (χ0v) is 38.5. The lowest BCUT2D eigenvalue weighted by Crippen LogP contribution is -2.44. The van der Waals surface area contributed by atoms with Gasteiger partial charge in [0.2, 0.25) is 0 Å². The Morgan fingerprint density at radius 1 is 0.639 bits per heavy atom. The Bertz CT molecular complexity index is 1810. The summed E-state index contributed by atoms with van der Waals surface area (Å²) in [6.07, 6.45) is 0. The highest BCUT2D eigenvalue weighted by Crippen LogP contribution is 2.30. The summed E-state index contributed by atoms with van der Waals surface area (Å²) >= 11 is 0. The predicted octanol–water partition coefficient (Wildman–Crippen LogP) is 4.42. The lowest BCUT2D eigenvalue weighted by Gasteiger charge is -2.34. The first-order valence-electron chi connectivity index (χ1n) is 19.8. The zero-order chi connectivity index (χ0) is 41.2. The summed E-state index contributed by atoms with van der Waals surface area (Å²) in [5.74, 6) is 2.31. The van der Waals surface area contributed by atoms with E-state index in [-0.39, 0.29) is 52.4 Å². The number of rotatable bonds is 7. The third kappa shape index (κ3) is 13.9. The smallest absolute Gasteiger partial charge is 0.337 e. The molecule has 338 valence electrons. The fraction of sp³-hybridized carbons (Fsp3) is 0.512. The van der Waals surface area contributed by atoms with E-state index in [1.54, 1.807) is 41.9 Å². The van der Waals surface area contributed by atoms with Crippen LogP contribution in [0.3, 0.4) is 0 Å².